The van der Waals surface area contributed by atoms with Gasteiger partial charge in [-0.15, -0.1) is 0 Å². The van der Waals surface area contributed by atoms with Gasteiger partial charge < -0.3 is 5.32 Å². The molecule has 5 nitrogen and oxygen atoms in total. The topological polar surface area (TPSA) is 66.5 Å². The normalized spacial score (nSPS) is 11.2. The Morgan fingerprint density at radius 2 is 1.68 bits per heavy atom. The van der Waals surface area contributed by atoms with Gasteiger partial charge in [-0.25, -0.2) is 8.42 Å². The van der Waals surface area contributed by atoms with Gasteiger partial charge in [-0.2, -0.15) is 0 Å². The first-order valence-electron chi connectivity index (χ1n) is 7.91. The van der Waals surface area contributed by atoms with Crippen molar-refractivity contribution in [1.29, 1.82) is 0 Å². The summed E-state index contributed by atoms with van der Waals surface area (Å²) >= 11 is 5.87. The summed E-state index contributed by atoms with van der Waals surface area (Å²) in [7, 11) is -3.47. The summed E-state index contributed by atoms with van der Waals surface area (Å²) in [6.45, 7) is 2.77. The Kier molecular flexibility index (Phi) is 6.45. The first kappa shape index (κ1) is 19.3. The Morgan fingerprint density at radius 3 is 2.20 bits per heavy atom. The fourth-order valence-electron chi connectivity index (χ4n) is 2.28. The predicted molar refractivity (Wildman–Crippen MR) is 102 cm³/mol. The van der Waals surface area contributed by atoms with Crippen LogP contribution in [0.4, 0.5) is 5.69 Å². The molecule has 2 aromatic rings. The van der Waals surface area contributed by atoms with Crippen molar-refractivity contribution in [3.05, 3.63) is 64.7 Å². The lowest BCUT2D eigenvalue weighted by atomic mass is 10.1. The maximum atomic E-state index is 12.2. The Morgan fingerprint density at radius 1 is 1.08 bits per heavy atom. The molecule has 1 N–H and O–H groups in total. The van der Waals surface area contributed by atoms with Gasteiger partial charge in [0.25, 0.3) is 5.91 Å². The summed E-state index contributed by atoms with van der Waals surface area (Å²) < 4.78 is 25.7. The summed E-state index contributed by atoms with van der Waals surface area (Å²) in [5.41, 5.74) is 1.82. The summed E-state index contributed by atoms with van der Waals surface area (Å²) in [5, 5.41) is 3.38. The van der Waals surface area contributed by atoms with E-state index in [2.05, 4.69) is 5.32 Å². The van der Waals surface area contributed by atoms with Crippen LogP contribution in [0, 0.1) is 0 Å². The number of halogens is 1. The summed E-state index contributed by atoms with van der Waals surface area (Å²) in [4.78, 5) is 11.9. The second-order valence-corrected chi connectivity index (χ2v) is 8.04. The number of hydrogen-bond acceptors (Lipinski definition) is 3. The first-order chi connectivity index (χ1) is 11.8. The van der Waals surface area contributed by atoms with E-state index < -0.39 is 10.0 Å². The lowest BCUT2D eigenvalue weighted by molar-refractivity contribution is 0.0953. The van der Waals surface area contributed by atoms with Crippen LogP contribution in [0.5, 0.6) is 0 Å². The van der Waals surface area contributed by atoms with Gasteiger partial charge in [0, 0.05) is 17.1 Å². The van der Waals surface area contributed by atoms with Crippen LogP contribution in [0.2, 0.25) is 5.02 Å². The molecule has 1 amide bonds. The van der Waals surface area contributed by atoms with Gasteiger partial charge in [-0.1, -0.05) is 30.7 Å². The highest BCUT2D eigenvalue weighted by atomic mass is 35.5. The Balaban J connectivity index is 2.23. The number of nitrogens with zero attached hydrogens (tertiary/aromatic N) is 1. The number of hydrogen-bond donors (Lipinski definition) is 1. The van der Waals surface area contributed by atoms with Crippen molar-refractivity contribution in [3.8, 4) is 0 Å². The van der Waals surface area contributed by atoms with Crippen LogP contribution in [0.25, 0.3) is 0 Å². The fourth-order valence-corrected chi connectivity index (χ4v) is 3.29. The number of benzene rings is 2. The lowest BCUT2D eigenvalue weighted by Gasteiger charge is -2.22. The van der Waals surface area contributed by atoms with Gasteiger partial charge in [0.15, 0.2) is 0 Å². The summed E-state index contributed by atoms with van der Waals surface area (Å²) in [6, 6.07) is 13.5. The van der Waals surface area contributed by atoms with Crippen molar-refractivity contribution in [2.45, 2.75) is 19.9 Å². The fraction of sp³-hybridized carbons (Fsp3) is 0.278. The van der Waals surface area contributed by atoms with Crippen LogP contribution >= 0.6 is 11.6 Å². The molecule has 25 heavy (non-hydrogen) atoms. The van der Waals surface area contributed by atoms with Crippen LogP contribution in [0.3, 0.4) is 0 Å². The molecule has 0 unspecified atom stereocenters. The van der Waals surface area contributed by atoms with Crippen molar-refractivity contribution in [3.63, 3.8) is 0 Å². The molecule has 0 radical (unpaired) electrons. The molecule has 134 valence electrons. The number of sulfonamides is 1. The molecule has 0 atom stereocenters. The zero-order chi connectivity index (χ0) is 18.4. The summed E-state index contributed by atoms with van der Waals surface area (Å²) in [6.07, 6.45) is 2.01. The number of carbonyl (C=O) groups is 1. The summed E-state index contributed by atoms with van der Waals surface area (Å²) in [5.74, 6) is -0.169. The first-order valence-corrected chi connectivity index (χ1v) is 10.1. The maximum absolute atomic E-state index is 12.2. The van der Waals surface area contributed by atoms with Crippen LogP contribution in [0.1, 0.15) is 29.3 Å². The van der Waals surface area contributed by atoms with Crippen molar-refractivity contribution < 1.29 is 13.2 Å². The second kappa shape index (κ2) is 8.36. The largest absolute Gasteiger partial charge is 0.352 e. The van der Waals surface area contributed by atoms with Gasteiger partial charge in [-0.3, -0.25) is 9.10 Å². The van der Waals surface area contributed by atoms with Crippen molar-refractivity contribution in [2.75, 3.05) is 17.1 Å². The minimum Gasteiger partial charge on any atom is -0.352 e. The van der Waals surface area contributed by atoms with Gasteiger partial charge in [-0.05, 0) is 48.4 Å². The van der Waals surface area contributed by atoms with Crippen LogP contribution in [-0.2, 0) is 16.6 Å². The molecule has 2 rings (SSSR count). The molecule has 0 aliphatic heterocycles. The molecule has 0 spiro atoms. The van der Waals surface area contributed by atoms with Gasteiger partial charge >= 0.3 is 0 Å². The molecule has 0 bridgehead atoms. The van der Waals surface area contributed by atoms with E-state index >= 15 is 0 Å². The number of amides is 1. The Bertz CT molecular complexity index is 818. The molecule has 0 aromatic heterocycles. The van der Waals surface area contributed by atoms with Gasteiger partial charge in [0.2, 0.25) is 10.0 Å². The molecule has 0 saturated carbocycles. The average Bonchev–Trinajstić information content (AvgIpc) is 2.58. The van der Waals surface area contributed by atoms with Gasteiger partial charge in [0.1, 0.15) is 0 Å². The lowest BCUT2D eigenvalue weighted by Crippen LogP contribution is -2.29. The SMILES string of the molecule is CCCNC(=O)c1ccc(N(Cc2ccc(Cl)cc2)S(C)(=O)=O)cc1. The highest BCUT2D eigenvalue weighted by Gasteiger charge is 2.18. The van der Waals surface area contributed by atoms with E-state index in [1.807, 2.05) is 6.92 Å². The zero-order valence-corrected chi connectivity index (χ0v) is 15.8. The van der Waals surface area contributed by atoms with Crippen LogP contribution in [0.15, 0.2) is 48.5 Å². The molecule has 2 aromatic carbocycles. The number of nitrogens with one attached hydrogen (secondary N) is 1. The molecule has 0 fully saturated rings. The smallest absolute Gasteiger partial charge is 0.251 e. The van der Waals surface area contributed by atoms with Gasteiger partial charge in [0.05, 0.1) is 18.5 Å². The molecule has 7 heteroatoms. The quantitative estimate of drug-likeness (QED) is 0.800. The van der Waals surface area contributed by atoms with E-state index in [9.17, 15) is 13.2 Å². The third-order valence-corrected chi connectivity index (χ3v) is 4.99. The van der Waals surface area contributed by atoms with Crippen molar-refractivity contribution in [1.82, 2.24) is 5.32 Å². The number of rotatable bonds is 7. The molecule has 0 saturated heterocycles. The third-order valence-electron chi connectivity index (χ3n) is 3.59. The van der Waals surface area contributed by atoms with E-state index in [4.69, 9.17) is 11.6 Å². The van der Waals surface area contributed by atoms with E-state index in [-0.39, 0.29) is 12.5 Å². The van der Waals surface area contributed by atoms with E-state index in [1.54, 1.807) is 48.5 Å². The number of anilines is 1. The molecular formula is C18H21ClN2O3S. The van der Waals surface area contributed by atoms with E-state index in [0.717, 1.165) is 18.2 Å². The molecule has 0 aliphatic carbocycles. The second-order valence-electron chi connectivity index (χ2n) is 5.70. The van der Waals surface area contributed by atoms with E-state index in [1.165, 1.54) is 4.31 Å². The molecule has 0 heterocycles. The molecule has 0 aliphatic rings. The highest BCUT2D eigenvalue weighted by Crippen LogP contribution is 2.22. The zero-order valence-electron chi connectivity index (χ0n) is 14.2. The monoisotopic (exact) mass is 380 g/mol. The standard InChI is InChI=1S/C18H21ClN2O3S/c1-3-12-20-18(22)15-6-10-17(11-7-15)21(25(2,23)24)13-14-4-8-16(19)9-5-14/h4-11H,3,12-13H2,1-2H3,(H,20,22). The van der Waals surface area contributed by atoms with Crippen molar-refractivity contribution in [2.24, 2.45) is 0 Å². The minimum absolute atomic E-state index is 0.169. The highest BCUT2D eigenvalue weighted by molar-refractivity contribution is 7.92. The minimum atomic E-state index is -3.47. The van der Waals surface area contributed by atoms with E-state index in [0.29, 0.717) is 22.8 Å². The maximum Gasteiger partial charge on any atom is 0.251 e. The van der Waals surface area contributed by atoms with Crippen molar-refractivity contribution >= 4 is 33.2 Å². The van der Waals surface area contributed by atoms with Crippen LogP contribution < -0.4 is 9.62 Å². The van der Waals surface area contributed by atoms with Crippen LogP contribution in [-0.4, -0.2) is 27.1 Å². The Labute approximate surface area is 153 Å². The number of carbonyl (C=O) groups excluding carboxylic acids is 1. The average molecular weight is 381 g/mol. The molecular weight excluding hydrogens is 360 g/mol. The third kappa shape index (κ3) is 5.47. The predicted octanol–water partition coefficient (Wildman–Crippen LogP) is 3.45. The Hall–Kier alpha value is -2.05.